The molecule has 44 heavy (non-hydrogen) atoms. The van der Waals surface area contributed by atoms with E-state index in [1.807, 2.05) is 33.3 Å². The molecule has 1 aromatic carbocycles. The molecule has 2 heterocycles. The monoisotopic (exact) mass is 620 g/mol. The van der Waals surface area contributed by atoms with Crippen molar-refractivity contribution in [3.63, 3.8) is 0 Å². The zero-order valence-corrected chi connectivity index (χ0v) is 28.0. The van der Waals surface area contributed by atoms with Crippen molar-refractivity contribution in [3.8, 4) is 0 Å². The normalized spacial score (nSPS) is 17.7. The van der Waals surface area contributed by atoms with Crippen molar-refractivity contribution < 1.29 is 22.7 Å². The fourth-order valence-electron chi connectivity index (χ4n) is 4.78. The van der Waals surface area contributed by atoms with Crippen LogP contribution in [0.2, 0.25) is 0 Å². The fourth-order valence-corrected chi connectivity index (χ4v) is 4.78. The summed E-state index contributed by atoms with van der Waals surface area (Å²) in [6.45, 7) is 9.30. The van der Waals surface area contributed by atoms with E-state index in [1.54, 1.807) is 31.4 Å². The van der Waals surface area contributed by atoms with Gasteiger partial charge in [0.15, 0.2) is 0 Å². The van der Waals surface area contributed by atoms with E-state index in [0.29, 0.717) is 30.4 Å². The number of nitrogens with zero attached hydrogens (tertiary/aromatic N) is 2. The molecule has 2 unspecified atom stereocenters. The molecule has 0 saturated carbocycles. The highest BCUT2D eigenvalue weighted by molar-refractivity contribution is 5.95. The lowest BCUT2D eigenvalue weighted by molar-refractivity contribution is -0.132. The maximum absolute atomic E-state index is 12.4. The van der Waals surface area contributed by atoms with Crippen molar-refractivity contribution in [2.75, 3.05) is 32.6 Å². The van der Waals surface area contributed by atoms with Gasteiger partial charge >= 0.3 is 6.18 Å². The van der Waals surface area contributed by atoms with Gasteiger partial charge in [0.25, 0.3) is 0 Å². The summed E-state index contributed by atoms with van der Waals surface area (Å²) in [5.41, 5.74) is 8.27. The zero-order chi connectivity index (χ0) is 33.5. The van der Waals surface area contributed by atoms with Gasteiger partial charge in [-0.15, -0.1) is 0 Å². The summed E-state index contributed by atoms with van der Waals surface area (Å²) >= 11 is 0. The molecule has 248 valence electrons. The summed E-state index contributed by atoms with van der Waals surface area (Å²) in [5.74, 6) is 1.21. The average molecular weight is 621 g/mol. The van der Waals surface area contributed by atoms with Crippen LogP contribution in [-0.2, 0) is 16.0 Å². The van der Waals surface area contributed by atoms with Crippen LogP contribution in [-0.4, -0.2) is 45.5 Å². The molecule has 0 radical (unpaired) electrons. The van der Waals surface area contributed by atoms with Gasteiger partial charge in [0.05, 0.1) is 7.11 Å². The fraction of sp³-hybridized carbons (Fsp3) is 0.543. The summed E-state index contributed by atoms with van der Waals surface area (Å²) in [6.07, 6.45) is 14.0. The SMILES string of the molecule is CC.CC/C=C(\C(=C/C(C)/C=C/NC)OC)C1C=CN=C(CC)CC1.CN.O=C1CCCc2ccccc2N1CC(F)(F)F. The number of halogens is 3. The van der Waals surface area contributed by atoms with E-state index in [1.165, 1.54) is 18.3 Å². The Balaban J connectivity index is 0.000000778. The van der Waals surface area contributed by atoms with Gasteiger partial charge in [-0.25, -0.2) is 0 Å². The van der Waals surface area contributed by atoms with Crippen molar-refractivity contribution in [1.82, 2.24) is 5.32 Å². The number of alkyl halides is 3. The van der Waals surface area contributed by atoms with Gasteiger partial charge < -0.3 is 20.7 Å². The molecule has 1 amide bonds. The molecule has 3 N–H and O–H groups in total. The maximum atomic E-state index is 12.4. The Morgan fingerprint density at radius 3 is 2.45 bits per heavy atom. The molecule has 2 aliphatic heterocycles. The summed E-state index contributed by atoms with van der Waals surface area (Å²) in [5, 5.41) is 3.04. The number of anilines is 1. The number of hydrogen-bond acceptors (Lipinski definition) is 5. The second-order valence-electron chi connectivity index (χ2n) is 9.92. The number of benzene rings is 1. The van der Waals surface area contributed by atoms with Crippen molar-refractivity contribution >= 4 is 17.3 Å². The number of ether oxygens (including phenoxy) is 1. The van der Waals surface area contributed by atoms with Crippen molar-refractivity contribution in [1.29, 1.82) is 0 Å². The van der Waals surface area contributed by atoms with E-state index in [0.717, 1.165) is 41.9 Å². The average Bonchev–Trinajstić information content (AvgIpc) is 3.36. The van der Waals surface area contributed by atoms with Crippen LogP contribution in [0.25, 0.3) is 0 Å². The molecule has 2 aliphatic rings. The predicted octanol–water partition coefficient (Wildman–Crippen LogP) is 8.52. The number of amides is 1. The van der Waals surface area contributed by atoms with E-state index in [2.05, 4.69) is 61.1 Å². The summed E-state index contributed by atoms with van der Waals surface area (Å²) in [4.78, 5) is 17.1. The van der Waals surface area contributed by atoms with Crippen LogP contribution in [0.1, 0.15) is 78.7 Å². The third-order valence-corrected chi connectivity index (χ3v) is 6.79. The highest BCUT2D eigenvalue weighted by Crippen LogP contribution is 2.31. The number of para-hydroxylation sites is 1. The summed E-state index contributed by atoms with van der Waals surface area (Å²) < 4.78 is 43.1. The minimum atomic E-state index is -4.37. The topological polar surface area (TPSA) is 80.0 Å². The standard InChI is InChI=1S/C20H32N2O.C12H12F3NO.C2H6.CH5N/c1-6-8-19(17-9-10-18(7-2)22-14-12-17)20(23-5)15-16(3)11-13-21-4;13-12(14,15)8-16-10-6-2-1-4-9(10)5-3-7-11(16)17;2*1-2/h8,11-17,21H,6-7,9-10H2,1-5H3;1-2,4,6H,3,5,7-8H2;1-2H3;2H2,1H3/b13-11+,19-8-,20-15+;;;. The quantitative estimate of drug-likeness (QED) is 0.214. The molecule has 0 bridgehead atoms. The first-order valence-electron chi connectivity index (χ1n) is 15.7. The summed E-state index contributed by atoms with van der Waals surface area (Å²) in [6, 6.07) is 6.78. The molecule has 9 heteroatoms. The molecular weight excluding hydrogens is 565 g/mol. The molecular formula is C35H55F3N4O2. The number of nitrogens with one attached hydrogen (secondary N) is 1. The minimum Gasteiger partial charge on any atom is -0.497 e. The Morgan fingerprint density at radius 2 is 1.86 bits per heavy atom. The van der Waals surface area contributed by atoms with Crippen molar-refractivity contribution in [3.05, 3.63) is 77.9 Å². The van der Waals surface area contributed by atoms with Gasteiger partial charge in [0, 0.05) is 37.0 Å². The van der Waals surface area contributed by atoms with E-state index >= 15 is 0 Å². The first-order chi connectivity index (χ1) is 21.1. The van der Waals surface area contributed by atoms with E-state index in [4.69, 9.17) is 4.74 Å². The number of aryl methyl sites for hydroxylation is 1. The van der Waals surface area contributed by atoms with Crippen LogP contribution >= 0.6 is 0 Å². The molecule has 0 fully saturated rings. The molecule has 2 atom stereocenters. The van der Waals surface area contributed by atoms with Gasteiger partial charge in [0.2, 0.25) is 5.91 Å². The van der Waals surface area contributed by atoms with E-state index in [-0.39, 0.29) is 6.42 Å². The van der Waals surface area contributed by atoms with Crippen LogP contribution in [0.5, 0.6) is 0 Å². The lowest BCUT2D eigenvalue weighted by Crippen LogP contribution is -2.38. The lowest BCUT2D eigenvalue weighted by Gasteiger charge is -2.24. The van der Waals surface area contributed by atoms with Crippen LogP contribution in [0, 0.1) is 11.8 Å². The van der Waals surface area contributed by atoms with Crippen LogP contribution < -0.4 is 16.0 Å². The largest absolute Gasteiger partial charge is 0.497 e. The second kappa shape index (κ2) is 23.1. The predicted molar refractivity (Wildman–Crippen MR) is 180 cm³/mol. The minimum absolute atomic E-state index is 0.171. The van der Waals surface area contributed by atoms with E-state index < -0.39 is 18.6 Å². The number of hydrogen-bond donors (Lipinski definition) is 2. The van der Waals surface area contributed by atoms with E-state index in [9.17, 15) is 18.0 Å². The number of methoxy groups -OCH3 is 1. The summed E-state index contributed by atoms with van der Waals surface area (Å²) in [7, 11) is 5.17. The molecule has 0 aromatic heterocycles. The smallest absolute Gasteiger partial charge is 0.406 e. The number of carbonyl (C=O) groups is 1. The Hall–Kier alpha value is -3.33. The van der Waals surface area contributed by atoms with Crippen LogP contribution in [0.15, 0.2) is 77.3 Å². The van der Waals surface area contributed by atoms with Crippen LogP contribution in [0.3, 0.4) is 0 Å². The van der Waals surface area contributed by atoms with Gasteiger partial charge in [-0.2, -0.15) is 13.2 Å². The molecule has 0 spiro atoms. The first kappa shape index (κ1) is 40.7. The Kier molecular flexibility index (Phi) is 21.4. The van der Waals surface area contributed by atoms with Crippen LogP contribution in [0.4, 0.5) is 18.9 Å². The molecule has 6 nitrogen and oxygen atoms in total. The van der Waals surface area contributed by atoms with Gasteiger partial charge in [-0.3, -0.25) is 9.79 Å². The highest BCUT2D eigenvalue weighted by atomic mass is 19.4. The lowest BCUT2D eigenvalue weighted by atomic mass is 9.90. The number of fused-ring (bicyclic) bond motifs is 1. The number of carbonyl (C=O) groups excluding carboxylic acids is 1. The number of allylic oxidation sites excluding steroid dienone is 5. The molecule has 0 aliphatic carbocycles. The van der Waals surface area contributed by atoms with Crippen molar-refractivity contribution in [2.45, 2.75) is 85.7 Å². The number of aliphatic imine (C=N–C) groups is 1. The Labute approximate surface area is 264 Å². The third-order valence-electron chi connectivity index (χ3n) is 6.79. The van der Waals surface area contributed by atoms with Gasteiger partial charge in [0.1, 0.15) is 12.3 Å². The van der Waals surface area contributed by atoms with Gasteiger partial charge in [-0.1, -0.05) is 71.0 Å². The van der Waals surface area contributed by atoms with Gasteiger partial charge in [-0.05, 0) is 81.0 Å². The first-order valence-corrected chi connectivity index (χ1v) is 15.7. The maximum Gasteiger partial charge on any atom is 0.406 e. The Bertz CT molecular complexity index is 1110. The number of rotatable bonds is 9. The molecule has 3 rings (SSSR count). The molecule has 0 saturated heterocycles. The Morgan fingerprint density at radius 1 is 1.18 bits per heavy atom. The molecule has 1 aromatic rings. The third kappa shape index (κ3) is 14.9. The second-order valence-corrected chi connectivity index (χ2v) is 9.92. The number of nitrogens with two attached hydrogens (primary N) is 1. The van der Waals surface area contributed by atoms with Crippen molar-refractivity contribution in [2.24, 2.45) is 22.6 Å². The zero-order valence-electron chi connectivity index (χ0n) is 28.0. The highest BCUT2D eigenvalue weighted by Gasteiger charge is 2.35.